The van der Waals surface area contributed by atoms with E-state index in [2.05, 4.69) is 25.2 Å². The number of rotatable bonds is 5. The van der Waals surface area contributed by atoms with E-state index in [9.17, 15) is 0 Å². The van der Waals surface area contributed by atoms with Gasteiger partial charge >= 0.3 is 0 Å². The van der Waals surface area contributed by atoms with Gasteiger partial charge in [-0.3, -0.25) is 0 Å². The van der Waals surface area contributed by atoms with E-state index in [1.807, 2.05) is 6.26 Å². The quantitative estimate of drug-likeness (QED) is 0.803. The second-order valence-corrected chi connectivity index (χ2v) is 5.05. The molecular formula is C13H21NO. The average molecular weight is 207 g/mol. The fourth-order valence-corrected chi connectivity index (χ4v) is 2.30. The molecule has 0 amide bonds. The molecule has 0 bridgehead atoms. The topological polar surface area (TPSA) is 25.2 Å². The highest BCUT2D eigenvalue weighted by Gasteiger charge is 2.32. The Hall–Kier alpha value is -0.760. The third-order valence-electron chi connectivity index (χ3n) is 3.35. The SMILES string of the molecule is CC(C)CNCC1CCC1c1ccoc1. The van der Waals surface area contributed by atoms with Crippen LogP contribution in [0, 0.1) is 11.8 Å². The Labute approximate surface area is 92.1 Å². The molecule has 1 N–H and O–H groups in total. The smallest absolute Gasteiger partial charge is 0.0937 e. The van der Waals surface area contributed by atoms with Gasteiger partial charge in [-0.2, -0.15) is 0 Å². The second-order valence-electron chi connectivity index (χ2n) is 5.05. The predicted molar refractivity (Wildman–Crippen MR) is 61.9 cm³/mol. The Morgan fingerprint density at radius 3 is 2.87 bits per heavy atom. The highest BCUT2D eigenvalue weighted by molar-refractivity contribution is 5.17. The van der Waals surface area contributed by atoms with Crippen molar-refractivity contribution < 1.29 is 4.42 Å². The lowest BCUT2D eigenvalue weighted by Gasteiger charge is -2.36. The number of furan rings is 1. The maximum atomic E-state index is 5.14. The van der Waals surface area contributed by atoms with Gasteiger partial charge in [0, 0.05) is 0 Å². The molecule has 0 aliphatic heterocycles. The van der Waals surface area contributed by atoms with Crippen molar-refractivity contribution in [1.29, 1.82) is 0 Å². The normalized spacial score (nSPS) is 25.5. The molecule has 1 heterocycles. The highest BCUT2D eigenvalue weighted by Crippen LogP contribution is 2.42. The highest BCUT2D eigenvalue weighted by atomic mass is 16.3. The first kappa shape index (κ1) is 10.7. The molecule has 15 heavy (non-hydrogen) atoms. The Kier molecular flexibility index (Phi) is 3.47. The van der Waals surface area contributed by atoms with E-state index in [-0.39, 0.29) is 0 Å². The van der Waals surface area contributed by atoms with Crippen molar-refractivity contribution >= 4 is 0 Å². The Morgan fingerprint density at radius 1 is 1.47 bits per heavy atom. The lowest BCUT2D eigenvalue weighted by molar-refractivity contribution is 0.242. The van der Waals surface area contributed by atoms with Gasteiger partial charge in [-0.25, -0.2) is 0 Å². The fourth-order valence-electron chi connectivity index (χ4n) is 2.30. The molecule has 2 unspecified atom stereocenters. The molecule has 1 aromatic rings. The van der Waals surface area contributed by atoms with Crippen molar-refractivity contribution in [1.82, 2.24) is 5.32 Å². The van der Waals surface area contributed by atoms with Crippen molar-refractivity contribution in [3.05, 3.63) is 24.2 Å². The van der Waals surface area contributed by atoms with Gasteiger partial charge in [0.1, 0.15) is 0 Å². The Bertz CT molecular complexity index is 279. The summed E-state index contributed by atoms with van der Waals surface area (Å²) in [5.74, 6) is 2.31. The van der Waals surface area contributed by atoms with Crippen molar-refractivity contribution in [2.24, 2.45) is 11.8 Å². The Morgan fingerprint density at radius 2 is 2.33 bits per heavy atom. The minimum absolute atomic E-state index is 0.739. The molecule has 1 aliphatic carbocycles. The standard InChI is InChI=1S/C13H21NO/c1-10(2)7-14-8-11-3-4-13(11)12-5-6-15-9-12/h5-6,9-11,13-14H,3-4,7-8H2,1-2H3. The van der Waals surface area contributed by atoms with Crippen LogP contribution in [0.4, 0.5) is 0 Å². The molecule has 2 heteroatoms. The van der Waals surface area contributed by atoms with E-state index >= 15 is 0 Å². The molecular weight excluding hydrogens is 186 g/mol. The van der Waals surface area contributed by atoms with E-state index in [0.29, 0.717) is 0 Å². The van der Waals surface area contributed by atoms with Gasteiger partial charge in [-0.1, -0.05) is 13.8 Å². The van der Waals surface area contributed by atoms with Gasteiger partial charge in [0.05, 0.1) is 12.5 Å². The van der Waals surface area contributed by atoms with E-state index in [0.717, 1.165) is 30.8 Å². The molecule has 0 radical (unpaired) electrons. The first-order valence-electron chi connectivity index (χ1n) is 6.00. The molecule has 0 spiro atoms. The lowest BCUT2D eigenvalue weighted by atomic mass is 9.70. The average Bonchev–Trinajstić information content (AvgIpc) is 2.63. The van der Waals surface area contributed by atoms with Crippen LogP contribution in [0.25, 0.3) is 0 Å². The molecule has 2 nitrogen and oxygen atoms in total. The minimum Gasteiger partial charge on any atom is -0.472 e. The van der Waals surface area contributed by atoms with Crippen molar-refractivity contribution in [2.45, 2.75) is 32.6 Å². The van der Waals surface area contributed by atoms with E-state index in [4.69, 9.17) is 4.42 Å². The van der Waals surface area contributed by atoms with E-state index in [1.165, 1.54) is 18.4 Å². The van der Waals surface area contributed by atoms with Crippen LogP contribution in [0.1, 0.15) is 38.2 Å². The number of nitrogens with one attached hydrogen (secondary N) is 1. The first-order chi connectivity index (χ1) is 7.27. The van der Waals surface area contributed by atoms with Gasteiger partial charge in [0.15, 0.2) is 0 Å². The van der Waals surface area contributed by atoms with Gasteiger partial charge in [0.25, 0.3) is 0 Å². The monoisotopic (exact) mass is 207 g/mol. The van der Waals surface area contributed by atoms with Crippen LogP contribution < -0.4 is 5.32 Å². The van der Waals surface area contributed by atoms with Crippen LogP contribution in [0.2, 0.25) is 0 Å². The largest absolute Gasteiger partial charge is 0.472 e. The zero-order chi connectivity index (χ0) is 10.7. The van der Waals surface area contributed by atoms with Crippen LogP contribution in [-0.4, -0.2) is 13.1 Å². The molecule has 1 fully saturated rings. The summed E-state index contributed by atoms with van der Waals surface area (Å²) in [6, 6.07) is 2.11. The van der Waals surface area contributed by atoms with Gasteiger partial charge in [-0.15, -0.1) is 0 Å². The molecule has 0 aromatic carbocycles. The summed E-state index contributed by atoms with van der Waals surface area (Å²) in [7, 11) is 0. The summed E-state index contributed by atoms with van der Waals surface area (Å²) in [4.78, 5) is 0. The number of hydrogen-bond acceptors (Lipinski definition) is 2. The molecule has 1 aliphatic rings. The maximum absolute atomic E-state index is 5.14. The zero-order valence-corrected chi connectivity index (χ0v) is 9.70. The van der Waals surface area contributed by atoms with Crippen molar-refractivity contribution in [2.75, 3.05) is 13.1 Å². The summed E-state index contributed by atoms with van der Waals surface area (Å²) < 4.78 is 5.14. The first-order valence-corrected chi connectivity index (χ1v) is 6.00. The fraction of sp³-hybridized carbons (Fsp3) is 0.692. The maximum Gasteiger partial charge on any atom is 0.0937 e. The third-order valence-corrected chi connectivity index (χ3v) is 3.35. The van der Waals surface area contributed by atoms with Crippen LogP contribution in [0.3, 0.4) is 0 Å². The van der Waals surface area contributed by atoms with Gasteiger partial charge in [0.2, 0.25) is 0 Å². The number of hydrogen-bond donors (Lipinski definition) is 1. The zero-order valence-electron chi connectivity index (χ0n) is 9.70. The van der Waals surface area contributed by atoms with Crippen LogP contribution in [0.5, 0.6) is 0 Å². The van der Waals surface area contributed by atoms with Crippen molar-refractivity contribution in [3.8, 4) is 0 Å². The predicted octanol–water partition coefficient (Wildman–Crippen LogP) is 3.02. The molecule has 0 saturated heterocycles. The third kappa shape index (κ3) is 2.63. The van der Waals surface area contributed by atoms with Crippen molar-refractivity contribution in [3.63, 3.8) is 0 Å². The Balaban J connectivity index is 1.75. The molecule has 2 atom stereocenters. The second kappa shape index (κ2) is 4.84. The summed E-state index contributed by atoms with van der Waals surface area (Å²) in [5, 5.41) is 3.55. The lowest BCUT2D eigenvalue weighted by Crippen LogP contribution is -2.35. The molecule has 2 rings (SSSR count). The summed E-state index contributed by atoms with van der Waals surface area (Å²) in [6.07, 6.45) is 6.38. The molecule has 1 saturated carbocycles. The minimum atomic E-state index is 0.739. The van der Waals surface area contributed by atoms with E-state index in [1.54, 1.807) is 6.26 Å². The van der Waals surface area contributed by atoms with Gasteiger partial charge in [-0.05, 0) is 55.3 Å². The summed E-state index contributed by atoms with van der Waals surface area (Å²) in [5.41, 5.74) is 1.39. The van der Waals surface area contributed by atoms with Gasteiger partial charge < -0.3 is 9.73 Å². The van der Waals surface area contributed by atoms with Crippen LogP contribution in [0.15, 0.2) is 23.0 Å². The summed E-state index contributed by atoms with van der Waals surface area (Å²) in [6.45, 7) is 6.80. The molecule has 84 valence electrons. The summed E-state index contributed by atoms with van der Waals surface area (Å²) >= 11 is 0. The van der Waals surface area contributed by atoms with E-state index < -0.39 is 0 Å². The van der Waals surface area contributed by atoms with Crippen LogP contribution in [-0.2, 0) is 0 Å². The molecule has 1 aromatic heterocycles. The van der Waals surface area contributed by atoms with Crippen LogP contribution >= 0.6 is 0 Å².